The first-order valence-corrected chi connectivity index (χ1v) is 7.43. The Morgan fingerprint density at radius 3 is 2.68 bits per heavy atom. The lowest BCUT2D eigenvalue weighted by Crippen LogP contribution is -2.54. The maximum absolute atomic E-state index is 12.4. The molecule has 2 fully saturated rings. The first kappa shape index (κ1) is 14.8. The summed E-state index contributed by atoms with van der Waals surface area (Å²) in [5, 5.41) is 3.17. The van der Waals surface area contributed by atoms with Crippen LogP contribution >= 0.6 is 0 Å². The van der Waals surface area contributed by atoms with E-state index in [9.17, 15) is 4.79 Å². The van der Waals surface area contributed by atoms with Gasteiger partial charge in [-0.15, -0.1) is 0 Å². The molecule has 0 aliphatic carbocycles. The molecule has 2 unspecified atom stereocenters. The maximum atomic E-state index is 12.4. The largest absolute Gasteiger partial charge is 0.379 e. The van der Waals surface area contributed by atoms with Gasteiger partial charge in [0, 0.05) is 25.2 Å². The number of nitrogens with one attached hydrogen (secondary N) is 1. The quantitative estimate of drug-likeness (QED) is 0.772. The molecule has 2 saturated heterocycles. The number of likely N-dealkylation sites (tertiary alicyclic amines) is 1. The zero-order valence-electron chi connectivity index (χ0n) is 12.2. The molecule has 0 aromatic heterocycles. The van der Waals surface area contributed by atoms with E-state index in [1.807, 2.05) is 6.92 Å². The second kappa shape index (κ2) is 6.20. The van der Waals surface area contributed by atoms with Gasteiger partial charge >= 0.3 is 0 Å². The van der Waals surface area contributed by atoms with E-state index >= 15 is 0 Å². The molecule has 0 bridgehead atoms. The van der Waals surface area contributed by atoms with E-state index in [4.69, 9.17) is 10.5 Å². The van der Waals surface area contributed by atoms with Crippen molar-refractivity contribution < 1.29 is 9.53 Å². The molecule has 5 nitrogen and oxygen atoms in total. The predicted molar refractivity (Wildman–Crippen MR) is 74.8 cm³/mol. The van der Waals surface area contributed by atoms with Crippen LogP contribution < -0.4 is 11.1 Å². The van der Waals surface area contributed by atoms with Crippen molar-refractivity contribution in [1.29, 1.82) is 0 Å². The Morgan fingerprint density at radius 2 is 2.16 bits per heavy atom. The van der Waals surface area contributed by atoms with Gasteiger partial charge in [0.15, 0.2) is 0 Å². The molecular formula is C14H27N3O2. The van der Waals surface area contributed by atoms with Crippen molar-refractivity contribution in [3.8, 4) is 0 Å². The summed E-state index contributed by atoms with van der Waals surface area (Å²) in [5.74, 6) is 0.0615. The van der Waals surface area contributed by atoms with E-state index in [0.29, 0.717) is 19.3 Å². The number of carbonyl (C=O) groups excluding carboxylic acids is 1. The third kappa shape index (κ3) is 3.27. The lowest BCUT2D eigenvalue weighted by Gasteiger charge is -2.34. The Hall–Kier alpha value is -0.650. The number of carbonyl (C=O) groups is 1. The molecule has 0 aromatic rings. The van der Waals surface area contributed by atoms with Gasteiger partial charge in [0.05, 0.1) is 18.6 Å². The van der Waals surface area contributed by atoms with E-state index in [0.717, 1.165) is 32.5 Å². The highest BCUT2D eigenvalue weighted by molar-refractivity contribution is 5.83. The van der Waals surface area contributed by atoms with Crippen LogP contribution in [-0.2, 0) is 9.53 Å². The first-order chi connectivity index (χ1) is 9.06. The second-order valence-corrected chi connectivity index (χ2v) is 6.13. The fraction of sp³-hybridized carbons (Fsp3) is 0.929. The van der Waals surface area contributed by atoms with Crippen molar-refractivity contribution >= 4 is 5.91 Å². The highest BCUT2D eigenvalue weighted by atomic mass is 16.5. The Kier molecular flexibility index (Phi) is 4.81. The van der Waals surface area contributed by atoms with Gasteiger partial charge in [-0.2, -0.15) is 0 Å². The average molecular weight is 269 g/mol. The third-order valence-electron chi connectivity index (χ3n) is 4.50. The maximum Gasteiger partial charge on any atom is 0.230 e. The Labute approximate surface area is 115 Å². The number of rotatable bonds is 4. The summed E-state index contributed by atoms with van der Waals surface area (Å²) in [6, 6.07) is 0.109. The van der Waals surface area contributed by atoms with Gasteiger partial charge in [-0.05, 0) is 32.7 Å². The monoisotopic (exact) mass is 269 g/mol. The van der Waals surface area contributed by atoms with Crippen molar-refractivity contribution in [2.75, 3.05) is 32.8 Å². The van der Waals surface area contributed by atoms with Gasteiger partial charge in [0.25, 0.3) is 0 Å². The molecule has 3 N–H and O–H groups in total. The van der Waals surface area contributed by atoms with Crippen molar-refractivity contribution in [3.63, 3.8) is 0 Å². The van der Waals surface area contributed by atoms with Gasteiger partial charge in [-0.25, -0.2) is 0 Å². The topological polar surface area (TPSA) is 67.6 Å². The van der Waals surface area contributed by atoms with E-state index in [-0.39, 0.29) is 11.9 Å². The Bertz CT molecular complexity index is 316. The molecule has 0 saturated carbocycles. The molecule has 0 aromatic carbocycles. The van der Waals surface area contributed by atoms with Gasteiger partial charge in [-0.1, -0.05) is 6.92 Å². The summed E-state index contributed by atoms with van der Waals surface area (Å²) in [7, 11) is 0. The van der Waals surface area contributed by atoms with Crippen LogP contribution in [0, 0.1) is 5.41 Å². The van der Waals surface area contributed by atoms with Gasteiger partial charge < -0.3 is 20.7 Å². The SMILES string of the molecule is CCCN1CCC(NC(=O)C2(C)COCC2N)CC1. The molecule has 2 aliphatic heterocycles. The fourth-order valence-electron chi connectivity index (χ4n) is 2.89. The van der Waals surface area contributed by atoms with Crippen LogP contribution in [0.2, 0.25) is 0 Å². The molecule has 0 radical (unpaired) electrons. The molecule has 0 spiro atoms. The van der Waals surface area contributed by atoms with E-state index in [2.05, 4.69) is 17.1 Å². The van der Waals surface area contributed by atoms with Crippen molar-refractivity contribution in [1.82, 2.24) is 10.2 Å². The molecule has 2 heterocycles. The number of piperidine rings is 1. The smallest absolute Gasteiger partial charge is 0.230 e. The fourth-order valence-corrected chi connectivity index (χ4v) is 2.89. The molecule has 110 valence electrons. The minimum absolute atomic E-state index is 0.0615. The summed E-state index contributed by atoms with van der Waals surface area (Å²) in [5.41, 5.74) is 5.43. The average Bonchev–Trinajstić information content (AvgIpc) is 2.74. The number of nitrogens with two attached hydrogens (primary N) is 1. The normalized spacial score (nSPS) is 33.5. The number of hydrogen-bond acceptors (Lipinski definition) is 4. The summed E-state index contributed by atoms with van der Waals surface area (Å²) in [4.78, 5) is 14.8. The van der Waals surface area contributed by atoms with Crippen LogP contribution in [0.25, 0.3) is 0 Å². The standard InChI is InChI=1S/C14H27N3O2/c1-3-6-17-7-4-11(5-8-17)16-13(18)14(2)10-19-9-12(14)15/h11-12H,3-10,15H2,1-2H3,(H,16,18). The van der Waals surface area contributed by atoms with Crippen LogP contribution in [0.4, 0.5) is 0 Å². The number of ether oxygens (including phenoxy) is 1. The molecule has 2 atom stereocenters. The van der Waals surface area contributed by atoms with Crippen LogP contribution in [0.15, 0.2) is 0 Å². The first-order valence-electron chi connectivity index (χ1n) is 7.43. The molecular weight excluding hydrogens is 242 g/mol. The third-order valence-corrected chi connectivity index (χ3v) is 4.50. The zero-order chi connectivity index (χ0) is 13.9. The van der Waals surface area contributed by atoms with Crippen LogP contribution in [-0.4, -0.2) is 55.7 Å². The van der Waals surface area contributed by atoms with Crippen LogP contribution in [0.3, 0.4) is 0 Å². The van der Waals surface area contributed by atoms with Gasteiger partial charge in [-0.3, -0.25) is 4.79 Å². The Balaban J connectivity index is 1.81. The predicted octanol–water partition coefficient (Wildman–Crippen LogP) is 0.341. The summed E-state index contributed by atoms with van der Waals surface area (Å²) < 4.78 is 5.34. The molecule has 1 amide bonds. The summed E-state index contributed by atoms with van der Waals surface area (Å²) in [6.45, 7) is 8.36. The van der Waals surface area contributed by atoms with E-state index < -0.39 is 5.41 Å². The molecule has 2 rings (SSSR count). The van der Waals surface area contributed by atoms with Crippen LogP contribution in [0.5, 0.6) is 0 Å². The molecule has 2 aliphatic rings. The second-order valence-electron chi connectivity index (χ2n) is 6.13. The van der Waals surface area contributed by atoms with Crippen LogP contribution in [0.1, 0.15) is 33.1 Å². The lowest BCUT2D eigenvalue weighted by molar-refractivity contribution is -0.131. The summed E-state index contributed by atoms with van der Waals surface area (Å²) >= 11 is 0. The zero-order valence-corrected chi connectivity index (χ0v) is 12.2. The van der Waals surface area contributed by atoms with Gasteiger partial charge in [0.2, 0.25) is 5.91 Å². The minimum atomic E-state index is -0.555. The number of amides is 1. The van der Waals surface area contributed by atoms with Gasteiger partial charge in [0.1, 0.15) is 0 Å². The Morgan fingerprint density at radius 1 is 1.47 bits per heavy atom. The van der Waals surface area contributed by atoms with Crippen molar-refractivity contribution in [2.24, 2.45) is 11.1 Å². The number of nitrogens with zero attached hydrogens (tertiary/aromatic N) is 1. The minimum Gasteiger partial charge on any atom is -0.379 e. The van der Waals surface area contributed by atoms with Crippen molar-refractivity contribution in [3.05, 3.63) is 0 Å². The molecule has 19 heavy (non-hydrogen) atoms. The van der Waals surface area contributed by atoms with Crippen molar-refractivity contribution in [2.45, 2.75) is 45.2 Å². The van der Waals surface area contributed by atoms with E-state index in [1.165, 1.54) is 6.42 Å². The lowest BCUT2D eigenvalue weighted by atomic mass is 9.84. The van der Waals surface area contributed by atoms with E-state index in [1.54, 1.807) is 0 Å². The molecule has 5 heteroatoms. The highest BCUT2D eigenvalue weighted by Gasteiger charge is 2.44. The summed E-state index contributed by atoms with van der Waals surface area (Å²) in [6.07, 6.45) is 3.27. The highest BCUT2D eigenvalue weighted by Crippen LogP contribution is 2.27. The number of hydrogen-bond donors (Lipinski definition) is 2.